The third-order valence-electron chi connectivity index (χ3n) is 3.75. The van der Waals surface area contributed by atoms with Crippen molar-refractivity contribution in [2.24, 2.45) is 10.2 Å². The molecule has 2 aromatic rings. The molecule has 10 heteroatoms. The van der Waals surface area contributed by atoms with E-state index in [0.29, 0.717) is 0 Å². The zero-order chi connectivity index (χ0) is 20.2. The van der Waals surface area contributed by atoms with Crippen LogP contribution in [-0.4, -0.2) is 21.4 Å². The normalized spacial score (nSPS) is 11.7. The molecule has 7 nitrogen and oxygen atoms in total. The summed E-state index contributed by atoms with van der Waals surface area (Å²) in [7, 11) is 0. The predicted octanol–water partition coefficient (Wildman–Crippen LogP) is 3.55. The lowest BCUT2D eigenvalue weighted by molar-refractivity contribution is -0.137. The molecule has 0 fully saturated rings. The smallest absolute Gasteiger partial charge is 0.416 e. The Balaban J connectivity index is 2.55. The van der Waals surface area contributed by atoms with E-state index in [9.17, 15) is 28.3 Å². The highest BCUT2D eigenvalue weighted by Crippen LogP contribution is 2.32. The van der Waals surface area contributed by atoms with Crippen molar-refractivity contribution in [3.05, 3.63) is 51.3 Å². The Labute approximate surface area is 151 Å². The number of nitrogens with zero attached hydrogens (tertiary/aromatic N) is 4. The minimum absolute atomic E-state index is 0.0518. The number of aliphatic hydroxyl groups excluding tert-OH is 1. The summed E-state index contributed by atoms with van der Waals surface area (Å²) in [5, 5.41) is 35.6. The maximum Gasteiger partial charge on any atom is 0.416 e. The molecule has 0 aliphatic carbocycles. The molecule has 0 radical (unpaired) electrons. The van der Waals surface area contributed by atoms with Crippen molar-refractivity contribution in [1.29, 1.82) is 5.26 Å². The molecule has 2 N–H and O–H groups in total. The molecule has 0 amide bonds. The predicted molar refractivity (Wildman–Crippen MR) is 89.1 cm³/mol. The fourth-order valence-electron chi connectivity index (χ4n) is 2.35. The number of pyridine rings is 1. The van der Waals surface area contributed by atoms with Gasteiger partial charge in [-0.05, 0) is 31.5 Å². The van der Waals surface area contributed by atoms with Crippen LogP contribution in [-0.2, 0) is 12.7 Å². The number of aliphatic hydroxyl groups is 1. The molecular formula is C17H15F3N4O3. The molecule has 0 saturated carbocycles. The SMILES string of the molecule is Cc1c(C#N)c(O)n(CCCO)c(=O)c1N=Nc1cccc(C(F)(F)F)c1. The van der Waals surface area contributed by atoms with Crippen molar-refractivity contribution >= 4 is 11.4 Å². The van der Waals surface area contributed by atoms with E-state index in [4.69, 9.17) is 5.11 Å². The van der Waals surface area contributed by atoms with Gasteiger partial charge in [0, 0.05) is 18.7 Å². The summed E-state index contributed by atoms with van der Waals surface area (Å²) >= 11 is 0. The molecule has 0 spiro atoms. The maximum absolute atomic E-state index is 12.8. The van der Waals surface area contributed by atoms with Crippen LogP contribution in [0, 0.1) is 18.3 Å². The van der Waals surface area contributed by atoms with Crippen LogP contribution in [0.5, 0.6) is 5.88 Å². The second-order valence-corrected chi connectivity index (χ2v) is 5.57. The Morgan fingerprint density at radius 3 is 2.59 bits per heavy atom. The number of rotatable bonds is 5. The molecule has 0 aliphatic rings. The molecule has 0 aliphatic heterocycles. The van der Waals surface area contributed by atoms with Gasteiger partial charge in [0.25, 0.3) is 5.56 Å². The largest absolute Gasteiger partial charge is 0.493 e. The summed E-state index contributed by atoms with van der Waals surface area (Å²) in [5.41, 5.74) is -2.24. The molecule has 0 atom stereocenters. The van der Waals surface area contributed by atoms with Crippen LogP contribution in [0.4, 0.5) is 24.5 Å². The average Bonchev–Trinajstić information content (AvgIpc) is 2.61. The van der Waals surface area contributed by atoms with Crippen LogP contribution in [0.15, 0.2) is 39.3 Å². The van der Waals surface area contributed by atoms with E-state index in [2.05, 4.69) is 10.2 Å². The highest BCUT2D eigenvalue weighted by molar-refractivity contribution is 5.56. The zero-order valence-corrected chi connectivity index (χ0v) is 14.2. The molecule has 1 heterocycles. The lowest BCUT2D eigenvalue weighted by atomic mass is 10.1. The Morgan fingerprint density at radius 2 is 2.00 bits per heavy atom. The summed E-state index contributed by atoms with van der Waals surface area (Å²) in [6.07, 6.45) is -4.41. The van der Waals surface area contributed by atoms with Gasteiger partial charge in [-0.2, -0.15) is 23.5 Å². The standard InChI is InChI=1S/C17H15F3N4O3/c1-10-13(9-21)15(26)24(6-3-7-25)16(27)14(10)23-22-12-5-2-4-11(8-12)17(18,19)20/h2,4-5,8,25-26H,3,6-7H2,1H3. The number of hydrogen-bond donors (Lipinski definition) is 2. The lowest BCUT2D eigenvalue weighted by Crippen LogP contribution is -2.22. The zero-order valence-electron chi connectivity index (χ0n) is 14.2. The lowest BCUT2D eigenvalue weighted by Gasteiger charge is -2.12. The summed E-state index contributed by atoms with van der Waals surface area (Å²) in [5.74, 6) is -0.563. The summed E-state index contributed by atoms with van der Waals surface area (Å²) in [6.45, 7) is 1.06. The van der Waals surface area contributed by atoms with Crippen LogP contribution in [0.2, 0.25) is 0 Å². The second-order valence-electron chi connectivity index (χ2n) is 5.57. The van der Waals surface area contributed by atoms with E-state index >= 15 is 0 Å². The molecule has 0 saturated heterocycles. The van der Waals surface area contributed by atoms with Crippen molar-refractivity contribution < 1.29 is 23.4 Å². The first-order chi connectivity index (χ1) is 12.7. The van der Waals surface area contributed by atoms with Crippen molar-refractivity contribution in [1.82, 2.24) is 4.57 Å². The summed E-state index contributed by atoms with van der Waals surface area (Å²) < 4.78 is 39.2. The minimum Gasteiger partial charge on any atom is -0.493 e. The Bertz CT molecular complexity index is 975. The fraction of sp³-hybridized carbons (Fsp3) is 0.294. The van der Waals surface area contributed by atoms with E-state index < -0.39 is 23.2 Å². The van der Waals surface area contributed by atoms with Gasteiger partial charge in [-0.3, -0.25) is 9.36 Å². The van der Waals surface area contributed by atoms with Gasteiger partial charge in [0.05, 0.1) is 11.3 Å². The van der Waals surface area contributed by atoms with Crippen LogP contribution in [0.3, 0.4) is 0 Å². The number of azo groups is 1. The van der Waals surface area contributed by atoms with Gasteiger partial charge in [0.2, 0.25) is 5.88 Å². The van der Waals surface area contributed by atoms with E-state index in [0.717, 1.165) is 22.8 Å². The Kier molecular flexibility index (Phi) is 5.97. The molecule has 27 heavy (non-hydrogen) atoms. The second kappa shape index (κ2) is 8.01. The quantitative estimate of drug-likeness (QED) is 0.773. The first-order valence-corrected chi connectivity index (χ1v) is 7.77. The van der Waals surface area contributed by atoms with Gasteiger partial charge in [-0.15, -0.1) is 5.11 Å². The van der Waals surface area contributed by atoms with E-state index in [1.165, 1.54) is 13.0 Å². The molecule has 0 bridgehead atoms. The monoisotopic (exact) mass is 380 g/mol. The van der Waals surface area contributed by atoms with Gasteiger partial charge < -0.3 is 10.2 Å². The van der Waals surface area contributed by atoms with Gasteiger partial charge >= 0.3 is 6.18 Å². The number of aromatic hydroxyl groups is 1. The van der Waals surface area contributed by atoms with E-state index in [1.807, 2.05) is 0 Å². The van der Waals surface area contributed by atoms with E-state index in [-0.39, 0.29) is 42.1 Å². The number of alkyl halides is 3. The summed E-state index contributed by atoms with van der Waals surface area (Å²) in [4.78, 5) is 12.5. The van der Waals surface area contributed by atoms with Gasteiger partial charge in [0.1, 0.15) is 11.6 Å². The average molecular weight is 380 g/mol. The van der Waals surface area contributed by atoms with Crippen LogP contribution < -0.4 is 5.56 Å². The number of benzene rings is 1. The number of hydrogen-bond acceptors (Lipinski definition) is 6. The third-order valence-corrected chi connectivity index (χ3v) is 3.75. The maximum atomic E-state index is 12.8. The van der Waals surface area contributed by atoms with Crippen molar-refractivity contribution in [3.8, 4) is 11.9 Å². The van der Waals surface area contributed by atoms with Crippen LogP contribution >= 0.6 is 0 Å². The highest BCUT2D eigenvalue weighted by atomic mass is 19.4. The van der Waals surface area contributed by atoms with Crippen molar-refractivity contribution in [2.75, 3.05) is 6.61 Å². The van der Waals surface area contributed by atoms with E-state index in [1.54, 1.807) is 6.07 Å². The summed E-state index contributed by atoms with van der Waals surface area (Å²) in [6, 6.07) is 5.84. The van der Waals surface area contributed by atoms with Gasteiger partial charge in [-0.1, -0.05) is 6.07 Å². The van der Waals surface area contributed by atoms with Crippen LogP contribution in [0.1, 0.15) is 23.1 Å². The van der Waals surface area contributed by atoms with Crippen molar-refractivity contribution in [3.63, 3.8) is 0 Å². The molecular weight excluding hydrogens is 365 g/mol. The molecule has 142 valence electrons. The highest BCUT2D eigenvalue weighted by Gasteiger charge is 2.30. The van der Waals surface area contributed by atoms with Gasteiger partial charge in [-0.25, -0.2) is 0 Å². The number of halogens is 3. The molecule has 0 unspecified atom stereocenters. The number of aromatic nitrogens is 1. The first-order valence-electron chi connectivity index (χ1n) is 7.77. The van der Waals surface area contributed by atoms with Crippen LogP contribution in [0.25, 0.3) is 0 Å². The Hall–Kier alpha value is -3.19. The fourth-order valence-corrected chi connectivity index (χ4v) is 2.35. The minimum atomic E-state index is -4.55. The molecule has 1 aromatic heterocycles. The van der Waals surface area contributed by atoms with Gasteiger partial charge in [0.15, 0.2) is 5.69 Å². The number of nitriles is 1. The molecule has 2 rings (SSSR count). The molecule has 1 aromatic carbocycles. The Morgan fingerprint density at radius 1 is 1.30 bits per heavy atom. The topological polar surface area (TPSA) is 111 Å². The van der Waals surface area contributed by atoms with Crippen molar-refractivity contribution in [2.45, 2.75) is 26.1 Å². The third kappa shape index (κ3) is 4.32. The first kappa shape index (κ1) is 20.1.